The Bertz CT molecular complexity index is 1850. The van der Waals surface area contributed by atoms with Crippen LogP contribution in [0.4, 0.5) is 18.9 Å². The van der Waals surface area contributed by atoms with E-state index in [0.29, 0.717) is 22.5 Å². The molecule has 4 rings (SSSR count). The summed E-state index contributed by atoms with van der Waals surface area (Å²) in [6.45, 7) is 6.87. The summed E-state index contributed by atoms with van der Waals surface area (Å²) in [5.74, 6) is -1.14. The normalized spacial score (nSPS) is 12.4. The molecule has 0 radical (unpaired) electrons. The summed E-state index contributed by atoms with van der Waals surface area (Å²) >= 11 is 5.89. The molecule has 7 nitrogen and oxygen atoms in total. The molecule has 0 fully saturated rings. The van der Waals surface area contributed by atoms with Crippen molar-refractivity contribution in [2.24, 2.45) is 5.92 Å². The molecule has 0 aromatic heterocycles. The molecule has 0 saturated heterocycles. The second-order valence-corrected chi connectivity index (χ2v) is 14.6. The number of anilines is 1. The minimum absolute atomic E-state index is 0.0709. The summed E-state index contributed by atoms with van der Waals surface area (Å²) in [7, 11) is -4.60. The number of aryl methyl sites for hydroxylation is 2. The number of hydrogen-bond donors (Lipinski definition) is 1. The molecule has 4 aromatic carbocycles. The van der Waals surface area contributed by atoms with Crippen molar-refractivity contribution in [1.82, 2.24) is 10.2 Å². The fourth-order valence-electron chi connectivity index (χ4n) is 5.12. The molecule has 1 atom stereocenters. The molecule has 0 aliphatic heterocycles. The molecule has 260 valence electrons. The van der Waals surface area contributed by atoms with Gasteiger partial charge in [0.15, 0.2) is 0 Å². The van der Waals surface area contributed by atoms with Crippen molar-refractivity contribution in [3.63, 3.8) is 0 Å². The lowest BCUT2D eigenvalue weighted by atomic mass is 10.0. The van der Waals surface area contributed by atoms with E-state index in [0.717, 1.165) is 28.8 Å². The molecule has 0 unspecified atom stereocenters. The van der Waals surface area contributed by atoms with Gasteiger partial charge in [-0.05, 0) is 61.2 Å². The van der Waals surface area contributed by atoms with Gasteiger partial charge in [0.2, 0.25) is 11.8 Å². The first kappa shape index (κ1) is 37.5. The van der Waals surface area contributed by atoms with E-state index in [2.05, 4.69) is 5.32 Å². The maximum absolute atomic E-state index is 14.5. The van der Waals surface area contributed by atoms with Gasteiger partial charge in [0.1, 0.15) is 12.6 Å². The number of benzene rings is 4. The van der Waals surface area contributed by atoms with Crippen molar-refractivity contribution in [3.8, 4) is 0 Å². The Kier molecular flexibility index (Phi) is 12.2. The van der Waals surface area contributed by atoms with E-state index >= 15 is 0 Å². The Balaban J connectivity index is 1.86. The van der Waals surface area contributed by atoms with E-state index in [9.17, 15) is 31.2 Å². The maximum Gasteiger partial charge on any atom is 0.417 e. The van der Waals surface area contributed by atoms with Gasteiger partial charge in [0.05, 0.1) is 21.2 Å². The zero-order chi connectivity index (χ0) is 35.9. The summed E-state index contributed by atoms with van der Waals surface area (Å²) in [6.07, 6.45) is -4.80. The van der Waals surface area contributed by atoms with Crippen molar-refractivity contribution in [1.29, 1.82) is 0 Å². The number of amides is 2. The molecule has 0 saturated carbocycles. The summed E-state index contributed by atoms with van der Waals surface area (Å²) in [6, 6.07) is 23.7. The topological polar surface area (TPSA) is 86.8 Å². The summed E-state index contributed by atoms with van der Waals surface area (Å²) < 4.78 is 70.9. The Hall–Kier alpha value is -4.35. The Morgan fingerprint density at radius 1 is 0.837 bits per heavy atom. The van der Waals surface area contributed by atoms with Gasteiger partial charge in [0.25, 0.3) is 10.0 Å². The van der Waals surface area contributed by atoms with Crippen LogP contribution in [-0.4, -0.2) is 44.3 Å². The van der Waals surface area contributed by atoms with Crippen LogP contribution in [0.15, 0.2) is 102 Å². The quantitative estimate of drug-likeness (QED) is 0.155. The third kappa shape index (κ3) is 9.86. The third-order valence-electron chi connectivity index (χ3n) is 7.86. The number of carbonyl (C=O) groups is 2. The zero-order valence-corrected chi connectivity index (χ0v) is 29.2. The molecule has 2 amide bonds. The largest absolute Gasteiger partial charge is 0.417 e. The van der Waals surface area contributed by atoms with Gasteiger partial charge >= 0.3 is 6.18 Å². The van der Waals surface area contributed by atoms with Crippen molar-refractivity contribution in [2.75, 3.05) is 17.4 Å². The van der Waals surface area contributed by atoms with Crippen LogP contribution in [0, 0.1) is 19.8 Å². The van der Waals surface area contributed by atoms with E-state index in [1.165, 1.54) is 17.0 Å². The fourth-order valence-corrected chi connectivity index (χ4v) is 6.75. The third-order valence-corrected chi connectivity index (χ3v) is 9.98. The number of halogens is 4. The summed E-state index contributed by atoms with van der Waals surface area (Å²) in [5, 5.41) is 2.28. The predicted octanol–water partition coefficient (Wildman–Crippen LogP) is 7.58. The summed E-state index contributed by atoms with van der Waals surface area (Å²) in [5.41, 5.74) is 1.49. The lowest BCUT2D eigenvalue weighted by Crippen LogP contribution is -2.53. The highest BCUT2D eigenvalue weighted by molar-refractivity contribution is 7.92. The highest BCUT2D eigenvalue weighted by Gasteiger charge is 2.37. The van der Waals surface area contributed by atoms with Crippen molar-refractivity contribution < 1.29 is 31.2 Å². The minimum Gasteiger partial charge on any atom is -0.354 e. The molecule has 0 aliphatic carbocycles. The van der Waals surface area contributed by atoms with E-state index in [-0.39, 0.29) is 23.8 Å². The molecule has 0 bridgehead atoms. The van der Waals surface area contributed by atoms with Crippen LogP contribution < -0.4 is 9.62 Å². The van der Waals surface area contributed by atoms with Crippen molar-refractivity contribution in [2.45, 2.75) is 57.8 Å². The van der Waals surface area contributed by atoms with E-state index in [1.54, 1.807) is 43.3 Å². The fraction of sp³-hybridized carbons (Fsp3) is 0.297. The smallest absolute Gasteiger partial charge is 0.354 e. The maximum atomic E-state index is 14.5. The molecule has 0 aliphatic rings. The first-order chi connectivity index (χ1) is 23.1. The van der Waals surface area contributed by atoms with Crippen molar-refractivity contribution in [3.05, 3.63) is 130 Å². The first-order valence-electron chi connectivity index (χ1n) is 15.7. The van der Waals surface area contributed by atoms with Crippen LogP contribution >= 0.6 is 11.6 Å². The van der Waals surface area contributed by atoms with Gasteiger partial charge in [-0.15, -0.1) is 0 Å². The van der Waals surface area contributed by atoms with Gasteiger partial charge < -0.3 is 10.2 Å². The first-order valence-corrected chi connectivity index (χ1v) is 17.5. The SMILES string of the molecule is Cc1ccc(CN(C(=O)CN(c2ccc(Cl)c(C(F)(F)F)c2)S(=O)(=O)c2ccc(C)cc2)[C@@H](Cc2ccccc2)C(=O)NCC(C)C)cc1. The number of sulfonamides is 1. The van der Waals surface area contributed by atoms with Crippen LogP contribution in [-0.2, 0) is 38.8 Å². The summed E-state index contributed by atoms with van der Waals surface area (Å²) in [4.78, 5) is 29.5. The second kappa shape index (κ2) is 15.9. The number of nitrogens with one attached hydrogen (secondary N) is 1. The van der Waals surface area contributed by atoms with E-state index in [1.807, 2.05) is 51.1 Å². The lowest BCUT2D eigenvalue weighted by molar-refractivity contribution is -0.140. The van der Waals surface area contributed by atoms with Crippen LogP contribution in [0.25, 0.3) is 0 Å². The Labute approximate surface area is 290 Å². The Morgan fingerprint density at radius 2 is 1.43 bits per heavy atom. The molecule has 12 heteroatoms. The minimum atomic E-state index is -4.90. The van der Waals surface area contributed by atoms with Gasteiger partial charge in [-0.3, -0.25) is 13.9 Å². The number of hydrogen-bond acceptors (Lipinski definition) is 4. The molecule has 0 spiro atoms. The number of nitrogens with zero attached hydrogens (tertiary/aromatic N) is 2. The average Bonchev–Trinajstić information content (AvgIpc) is 3.05. The Morgan fingerprint density at radius 3 is 2.00 bits per heavy atom. The number of alkyl halides is 3. The number of carbonyl (C=O) groups excluding carboxylic acids is 2. The predicted molar refractivity (Wildman–Crippen MR) is 186 cm³/mol. The van der Waals surface area contributed by atoms with Gasteiger partial charge in [0, 0.05) is 19.5 Å². The highest BCUT2D eigenvalue weighted by Crippen LogP contribution is 2.38. The van der Waals surface area contributed by atoms with E-state index < -0.39 is 56.9 Å². The van der Waals surface area contributed by atoms with Gasteiger partial charge in [-0.25, -0.2) is 8.42 Å². The van der Waals surface area contributed by atoms with Gasteiger partial charge in [-0.1, -0.05) is 103 Å². The molecular weight excluding hydrogens is 675 g/mol. The van der Waals surface area contributed by atoms with Crippen LogP contribution in [0.2, 0.25) is 5.02 Å². The van der Waals surface area contributed by atoms with Crippen LogP contribution in [0.1, 0.15) is 41.7 Å². The molecule has 4 aromatic rings. The standard InChI is InChI=1S/C37H39ClF3N3O4S/c1-25(2)22-42-36(46)34(20-28-8-6-5-7-9-28)43(23-29-14-10-26(3)11-15-29)35(45)24-44(49(47,48)31-17-12-27(4)13-18-31)30-16-19-33(38)32(21-30)37(39,40)41/h5-19,21,25,34H,20,22-24H2,1-4H3,(H,42,46)/t34-/m0/s1. The molecule has 49 heavy (non-hydrogen) atoms. The monoisotopic (exact) mass is 713 g/mol. The molecular formula is C37H39ClF3N3O4S. The lowest BCUT2D eigenvalue weighted by Gasteiger charge is -2.34. The van der Waals surface area contributed by atoms with Crippen LogP contribution in [0.5, 0.6) is 0 Å². The second-order valence-electron chi connectivity index (χ2n) is 12.3. The molecule has 1 N–H and O–H groups in total. The molecule has 0 heterocycles. The number of rotatable bonds is 13. The van der Waals surface area contributed by atoms with Crippen LogP contribution in [0.3, 0.4) is 0 Å². The van der Waals surface area contributed by atoms with Crippen molar-refractivity contribution >= 4 is 39.1 Å². The van der Waals surface area contributed by atoms with E-state index in [4.69, 9.17) is 11.6 Å². The van der Waals surface area contributed by atoms with Gasteiger partial charge in [-0.2, -0.15) is 13.2 Å². The zero-order valence-electron chi connectivity index (χ0n) is 27.7. The highest BCUT2D eigenvalue weighted by atomic mass is 35.5. The average molecular weight is 714 g/mol.